The molecule has 1 aromatic carbocycles. The van der Waals surface area contributed by atoms with Crippen molar-refractivity contribution in [2.24, 2.45) is 0 Å². The Kier molecular flexibility index (Phi) is 1.93. The summed E-state index contributed by atoms with van der Waals surface area (Å²) in [4.78, 5) is 14.8. The van der Waals surface area contributed by atoms with Crippen molar-refractivity contribution < 1.29 is 9.90 Å². The first-order valence-corrected chi connectivity index (χ1v) is 4.12. The number of aromatic carboxylic acids is 1. The van der Waals surface area contributed by atoms with Crippen LogP contribution in [0.1, 0.15) is 15.9 Å². The molecule has 0 aliphatic carbocycles. The highest BCUT2D eigenvalue weighted by Crippen LogP contribution is 2.17. The molecule has 0 saturated heterocycles. The van der Waals surface area contributed by atoms with E-state index in [0.717, 1.165) is 16.5 Å². The largest absolute Gasteiger partial charge is 0.478 e. The number of nitrogens with zero attached hydrogens (tertiary/aromatic N) is 1. The Balaban J connectivity index is 2.76. The first-order valence-electron chi connectivity index (χ1n) is 4.12. The van der Waals surface area contributed by atoms with E-state index in [1.54, 1.807) is 24.4 Å². The fraction of sp³-hybridized carbons (Fsp3) is 0. The summed E-state index contributed by atoms with van der Waals surface area (Å²) in [5.74, 6) is -0.935. The number of carboxylic acid groups (broad SMARTS) is 1. The Bertz CT molecular complexity index is 506. The van der Waals surface area contributed by atoms with Gasteiger partial charge in [0, 0.05) is 11.6 Å². The molecule has 1 radical (unpaired) electrons. The maximum atomic E-state index is 10.7. The Hall–Kier alpha value is -1.90. The summed E-state index contributed by atoms with van der Waals surface area (Å²) >= 11 is 0. The number of carboxylic acids is 1. The standard InChI is InChI=1S/C11H8NO2/c1-7-4-5-12-10-3-2-8(11(13)14)6-9(7)10/h2-6H,1H2,(H,13,14). The van der Waals surface area contributed by atoms with Crippen LogP contribution >= 0.6 is 0 Å². The molecule has 1 aromatic heterocycles. The molecule has 2 aromatic rings. The highest BCUT2D eigenvalue weighted by atomic mass is 16.4. The number of rotatable bonds is 1. The maximum absolute atomic E-state index is 10.7. The topological polar surface area (TPSA) is 50.2 Å². The number of fused-ring (bicyclic) bond motifs is 1. The summed E-state index contributed by atoms with van der Waals surface area (Å²) in [5, 5.41) is 9.58. The molecule has 0 spiro atoms. The monoisotopic (exact) mass is 186 g/mol. The van der Waals surface area contributed by atoms with Gasteiger partial charge in [-0.15, -0.1) is 0 Å². The van der Waals surface area contributed by atoms with Gasteiger partial charge in [0.25, 0.3) is 0 Å². The summed E-state index contributed by atoms with van der Waals surface area (Å²) in [6, 6.07) is 6.57. The van der Waals surface area contributed by atoms with E-state index in [1.165, 1.54) is 6.07 Å². The van der Waals surface area contributed by atoms with Crippen LogP contribution in [0.5, 0.6) is 0 Å². The van der Waals surface area contributed by atoms with Gasteiger partial charge >= 0.3 is 5.97 Å². The molecule has 69 valence electrons. The number of hydrogen-bond acceptors (Lipinski definition) is 2. The normalized spacial score (nSPS) is 10.4. The van der Waals surface area contributed by atoms with E-state index in [1.807, 2.05) is 0 Å². The Labute approximate surface area is 81.0 Å². The lowest BCUT2D eigenvalue weighted by molar-refractivity contribution is 0.0697. The van der Waals surface area contributed by atoms with E-state index >= 15 is 0 Å². The molecule has 2 rings (SSSR count). The second-order valence-corrected chi connectivity index (χ2v) is 3.01. The van der Waals surface area contributed by atoms with Gasteiger partial charge < -0.3 is 5.11 Å². The predicted octanol–water partition coefficient (Wildman–Crippen LogP) is 2.12. The van der Waals surface area contributed by atoms with Crippen molar-refractivity contribution in [1.82, 2.24) is 4.98 Å². The van der Waals surface area contributed by atoms with E-state index < -0.39 is 5.97 Å². The van der Waals surface area contributed by atoms with Crippen molar-refractivity contribution in [1.29, 1.82) is 0 Å². The van der Waals surface area contributed by atoms with Crippen molar-refractivity contribution in [3.63, 3.8) is 0 Å². The van der Waals surface area contributed by atoms with E-state index in [4.69, 9.17) is 5.11 Å². The number of pyridine rings is 1. The zero-order chi connectivity index (χ0) is 10.1. The fourth-order valence-electron chi connectivity index (χ4n) is 1.34. The van der Waals surface area contributed by atoms with Gasteiger partial charge in [0.05, 0.1) is 11.1 Å². The molecule has 1 N–H and O–H groups in total. The third-order valence-electron chi connectivity index (χ3n) is 2.08. The Morgan fingerprint density at radius 2 is 2.14 bits per heavy atom. The van der Waals surface area contributed by atoms with Crippen molar-refractivity contribution in [2.75, 3.05) is 0 Å². The molecule has 0 amide bonds. The van der Waals surface area contributed by atoms with E-state index in [-0.39, 0.29) is 5.56 Å². The summed E-state index contributed by atoms with van der Waals surface area (Å²) in [7, 11) is 0. The number of benzene rings is 1. The quantitative estimate of drug-likeness (QED) is 0.742. The molecule has 0 aliphatic rings. The van der Waals surface area contributed by atoms with Crippen molar-refractivity contribution in [3.05, 3.63) is 48.5 Å². The zero-order valence-electron chi connectivity index (χ0n) is 7.40. The van der Waals surface area contributed by atoms with Crippen LogP contribution in [-0.4, -0.2) is 16.1 Å². The van der Waals surface area contributed by atoms with E-state index in [9.17, 15) is 4.79 Å². The lowest BCUT2D eigenvalue weighted by Crippen LogP contribution is -1.96. The average Bonchev–Trinajstić information content (AvgIpc) is 2.18. The second-order valence-electron chi connectivity index (χ2n) is 3.01. The molecule has 0 atom stereocenters. The zero-order valence-corrected chi connectivity index (χ0v) is 7.40. The van der Waals surface area contributed by atoms with Crippen LogP contribution in [0.25, 0.3) is 10.9 Å². The number of aromatic nitrogens is 1. The maximum Gasteiger partial charge on any atom is 0.335 e. The fourth-order valence-corrected chi connectivity index (χ4v) is 1.34. The van der Waals surface area contributed by atoms with Crippen molar-refractivity contribution in [3.8, 4) is 0 Å². The third kappa shape index (κ3) is 1.33. The minimum Gasteiger partial charge on any atom is -0.478 e. The average molecular weight is 186 g/mol. The Morgan fingerprint density at radius 3 is 2.86 bits per heavy atom. The summed E-state index contributed by atoms with van der Waals surface area (Å²) in [5.41, 5.74) is 1.82. The van der Waals surface area contributed by atoms with Gasteiger partial charge in [0.2, 0.25) is 0 Å². The van der Waals surface area contributed by atoms with E-state index in [2.05, 4.69) is 11.9 Å². The van der Waals surface area contributed by atoms with Gasteiger partial charge in [-0.1, -0.05) is 0 Å². The van der Waals surface area contributed by atoms with Crippen LogP contribution in [0.15, 0.2) is 30.5 Å². The molecule has 0 aliphatic heterocycles. The van der Waals surface area contributed by atoms with Gasteiger partial charge in [0.1, 0.15) is 0 Å². The highest BCUT2D eigenvalue weighted by Gasteiger charge is 2.04. The molecule has 3 heteroatoms. The second kappa shape index (κ2) is 3.10. The minimum absolute atomic E-state index is 0.260. The first-order chi connectivity index (χ1) is 6.68. The molecule has 1 heterocycles. The molecule has 14 heavy (non-hydrogen) atoms. The van der Waals surface area contributed by atoms with Gasteiger partial charge in [-0.25, -0.2) is 4.79 Å². The molecule has 0 unspecified atom stereocenters. The van der Waals surface area contributed by atoms with Gasteiger partial charge in [-0.2, -0.15) is 0 Å². The molecular weight excluding hydrogens is 178 g/mol. The predicted molar refractivity (Wildman–Crippen MR) is 53.2 cm³/mol. The van der Waals surface area contributed by atoms with E-state index in [0.29, 0.717) is 0 Å². The summed E-state index contributed by atoms with van der Waals surface area (Å²) in [6.45, 7) is 3.82. The minimum atomic E-state index is -0.935. The van der Waals surface area contributed by atoms with Gasteiger partial charge in [-0.05, 0) is 36.8 Å². The van der Waals surface area contributed by atoms with Gasteiger partial charge in [0.15, 0.2) is 0 Å². The smallest absolute Gasteiger partial charge is 0.335 e. The molecule has 0 saturated carbocycles. The lowest BCUT2D eigenvalue weighted by Gasteiger charge is -2.01. The molecule has 0 fully saturated rings. The SMILES string of the molecule is [CH2]c1ccnc2ccc(C(=O)O)cc12. The number of hydrogen-bond donors (Lipinski definition) is 1. The highest BCUT2D eigenvalue weighted by molar-refractivity contribution is 5.94. The molecular formula is C11H8NO2. The summed E-state index contributed by atoms with van der Waals surface area (Å²) < 4.78 is 0. The first kappa shape index (κ1) is 8.69. The lowest BCUT2D eigenvalue weighted by atomic mass is 10.1. The molecule has 3 nitrogen and oxygen atoms in total. The van der Waals surface area contributed by atoms with Crippen LogP contribution in [0.2, 0.25) is 0 Å². The van der Waals surface area contributed by atoms with Crippen LogP contribution < -0.4 is 0 Å². The third-order valence-corrected chi connectivity index (χ3v) is 2.08. The molecule has 0 bridgehead atoms. The van der Waals surface area contributed by atoms with Gasteiger partial charge in [-0.3, -0.25) is 4.98 Å². The van der Waals surface area contributed by atoms with Crippen LogP contribution in [0.3, 0.4) is 0 Å². The van der Waals surface area contributed by atoms with Crippen molar-refractivity contribution >= 4 is 16.9 Å². The Morgan fingerprint density at radius 1 is 1.36 bits per heavy atom. The van der Waals surface area contributed by atoms with Crippen LogP contribution in [0, 0.1) is 6.92 Å². The van der Waals surface area contributed by atoms with Crippen LogP contribution in [-0.2, 0) is 0 Å². The summed E-state index contributed by atoms with van der Waals surface area (Å²) in [6.07, 6.45) is 1.66. The van der Waals surface area contributed by atoms with Crippen molar-refractivity contribution in [2.45, 2.75) is 0 Å². The number of carbonyl (C=O) groups is 1. The van der Waals surface area contributed by atoms with Crippen LogP contribution in [0.4, 0.5) is 0 Å².